The highest BCUT2D eigenvalue weighted by Crippen LogP contribution is 2.34. The first-order valence-corrected chi connectivity index (χ1v) is 13.3. The number of aliphatic hydroxyl groups excluding tert-OH is 1. The number of carbonyl (C=O) groups excluding carboxylic acids is 3. The maximum absolute atomic E-state index is 13.6. The number of carbonyl (C=O) groups is 3. The Labute approximate surface area is 233 Å². The topological polar surface area (TPSA) is 142 Å². The minimum Gasteiger partial charge on any atom is -0.487 e. The quantitative estimate of drug-likeness (QED) is 0.411. The molecule has 0 aromatic heterocycles. The molecule has 12 heteroatoms. The van der Waals surface area contributed by atoms with Crippen LogP contribution in [-0.4, -0.2) is 84.6 Å². The number of urea groups is 2. The molecule has 216 valence electrons. The summed E-state index contributed by atoms with van der Waals surface area (Å²) in [6, 6.07) is 8.68. The molecule has 0 fully saturated rings. The molecule has 40 heavy (non-hydrogen) atoms. The fourth-order valence-corrected chi connectivity index (χ4v) is 4.50. The van der Waals surface area contributed by atoms with Crippen molar-refractivity contribution < 1.29 is 33.7 Å². The summed E-state index contributed by atoms with van der Waals surface area (Å²) >= 11 is 0. The molecule has 4 rings (SSSR count). The van der Waals surface area contributed by atoms with E-state index in [1.165, 1.54) is 0 Å². The van der Waals surface area contributed by atoms with Gasteiger partial charge in [-0.3, -0.25) is 4.79 Å². The molecule has 2 aliphatic heterocycles. The third kappa shape index (κ3) is 6.68. The average molecular weight is 556 g/mol. The molecule has 4 N–H and O–H groups in total. The molecule has 3 atom stereocenters. The van der Waals surface area contributed by atoms with Gasteiger partial charge in [-0.1, -0.05) is 6.92 Å². The summed E-state index contributed by atoms with van der Waals surface area (Å²) in [6.07, 6.45) is -0.434. The summed E-state index contributed by atoms with van der Waals surface area (Å²) in [6.45, 7) is 8.00. The number of nitrogens with one attached hydrogen (secondary N) is 3. The number of ether oxygens (including phenoxy) is 3. The van der Waals surface area contributed by atoms with Gasteiger partial charge in [-0.2, -0.15) is 0 Å². The minimum atomic E-state index is -0.511. The van der Waals surface area contributed by atoms with Crippen LogP contribution < -0.4 is 30.2 Å². The summed E-state index contributed by atoms with van der Waals surface area (Å²) in [4.78, 5) is 42.1. The molecule has 2 aromatic carbocycles. The van der Waals surface area contributed by atoms with E-state index >= 15 is 0 Å². The Balaban J connectivity index is 1.55. The zero-order valence-corrected chi connectivity index (χ0v) is 23.4. The third-order valence-corrected chi connectivity index (χ3v) is 6.77. The van der Waals surface area contributed by atoms with Gasteiger partial charge in [0.15, 0.2) is 11.5 Å². The van der Waals surface area contributed by atoms with Gasteiger partial charge in [0.05, 0.1) is 24.8 Å². The zero-order valence-electron chi connectivity index (χ0n) is 23.4. The smallest absolute Gasteiger partial charge is 0.323 e. The van der Waals surface area contributed by atoms with Crippen molar-refractivity contribution in [1.29, 1.82) is 0 Å². The van der Waals surface area contributed by atoms with Crippen molar-refractivity contribution in [3.05, 3.63) is 42.0 Å². The SMILES string of the molecule is CC(C)NC(=O)N(C)C[C@H]1Oc2ccc(NC(=O)Nc3ccc4c(c3)OCO4)cc2C(=O)N([C@@H](C)CO)C[C@@H]1C. The molecule has 2 aromatic rings. The van der Waals surface area contributed by atoms with E-state index in [-0.39, 0.29) is 49.4 Å². The number of benzene rings is 2. The molecular weight excluding hydrogens is 518 g/mol. The predicted octanol–water partition coefficient (Wildman–Crippen LogP) is 3.33. The lowest BCUT2D eigenvalue weighted by molar-refractivity contribution is 0.0366. The molecule has 0 bridgehead atoms. The van der Waals surface area contributed by atoms with E-state index in [1.807, 2.05) is 20.8 Å². The molecule has 0 saturated heterocycles. The first-order chi connectivity index (χ1) is 19.0. The van der Waals surface area contributed by atoms with E-state index in [2.05, 4.69) is 16.0 Å². The van der Waals surface area contributed by atoms with E-state index < -0.39 is 18.2 Å². The number of nitrogens with zero attached hydrogens (tertiary/aromatic N) is 2. The van der Waals surface area contributed by atoms with E-state index in [9.17, 15) is 19.5 Å². The highest BCUT2D eigenvalue weighted by molar-refractivity contribution is 6.02. The number of anilines is 2. The van der Waals surface area contributed by atoms with Gasteiger partial charge < -0.3 is 45.1 Å². The number of rotatable bonds is 7. The van der Waals surface area contributed by atoms with Crippen LogP contribution >= 0.6 is 0 Å². The van der Waals surface area contributed by atoms with Gasteiger partial charge in [0.2, 0.25) is 6.79 Å². The summed E-state index contributed by atoms with van der Waals surface area (Å²) in [5.41, 5.74) is 1.13. The van der Waals surface area contributed by atoms with E-state index in [4.69, 9.17) is 14.2 Å². The Morgan fingerprint density at radius 2 is 1.70 bits per heavy atom. The fraction of sp³-hybridized carbons (Fsp3) is 0.464. The Hall–Kier alpha value is -4.19. The highest BCUT2D eigenvalue weighted by atomic mass is 16.7. The van der Waals surface area contributed by atoms with Crippen LogP contribution in [-0.2, 0) is 0 Å². The minimum absolute atomic E-state index is 0.0157. The van der Waals surface area contributed by atoms with Crippen LogP contribution in [0.1, 0.15) is 38.1 Å². The van der Waals surface area contributed by atoms with Gasteiger partial charge in [-0.15, -0.1) is 0 Å². The molecule has 5 amide bonds. The van der Waals surface area contributed by atoms with Crippen LogP contribution in [0.15, 0.2) is 36.4 Å². The van der Waals surface area contributed by atoms with E-state index in [1.54, 1.807) is 60.2 Å². The van der Waals surface area contributed by atoms with Crippen LogP contribution in [0.3, 0.4) is 0 Å². The molecular formula is C28H37N5O7. The Morgan fingerprint density at radius 1 is 1.05 bits per heavy atom. The van der Waals surface area contributed by atoms with Crippen molar-refractivity contribution in [2.75, 3.05) is 44.2 Å². The van der Waals surface area contributed by atoms with Gasteiger partial charge in [0.1, 0.15) is 11.9 Å². The first kappa shape index (κ1) is 28.8. The van der Waals surface area contributed by atoms with Crippen molar-refractivity contribution in [1.82, 2.24) is 15.1 Å². The second-order valence-electron chi connectivity index (χ2n) is 10.5. The molecule has 0 saturated carbocycles. The lowest BCUT2D eigenvalue weighted by Crippen LogP contribution is -2.51. The Morgan fingerprint density at radius 3 is 2.38 bits per heavy atom. The Kier molecular flexibility index (Phi) is 8.88. The van der Waals surface area contributed by atoms with E-state index in [0.717, 1.165) is 0 Å². The van der Waals surface area contributed by atoms with Crippen LogP contribution in [0.5, 0.6) is 17.2 Å². The molecule has 2 heterocycles. The fourth-order valence-electron chi connectivity index (χ4n) is 4.50. The molecule has 2 aliphatic rings. The maximum atomic E-state index is 13.6. The van der Waals surface area contributed by atoms with Gasteiger partial charge in [0, 0.05) is 43.0 Å². The van der Waals surface area contributed by atoms with Gasteiger partial charge >= 0.3 is 12.1 Å². The standard InChI is InChI=1S/C28H37N5O7/c1-16(2)29-28(37)32(5)13-25-17(3)12-33(18(4)14-34)26(35)21-10-19(6-8-22(21)40-25)30-27(36)31-20-7-9-23-24(11-20)39-15-38-23/h6-11,16-18,25,34H,12-15H2,1-5H3,(H,29,37)(H2,30,31,36)/t17-,18-,25+/m0/s1. The van der Waals surface area contributed by atoms with Crippen molar-refractivity contribution in [3.63, 3.8) is 0 Å². The normalized spacial score (nSPS) is 18.7. The summed E-state index contributed by atoms with van der Waals surface area (Å²) in [5, 5.41) is 18.2. The monoisotopic (exact) mass is 555 g/mol. The van der Waals surface area contributed by atoms with Crippen molar-refractivity contribution in [2.45, 2.75) is 45.9 Å². The van der Waals surface area contributed by atoms with Crippen LogP contribution in [0.4, 0.5) is 21.0 Å². The summed E-state index contributed by atoms with van der Waals surface area (Å²) < 4.78 is 17.0. The van der Waals surface area contributed by atoms with Crippen LogP contribution in [0, 0.1) is 5.92 Å². The lowest BCUT2D eigenvalue weighted by atomic mass is 9.99. The molecule has 0 unspecified atom stereocenters. The van der Waals surface area contributed by atoms with Crippen LogP contribution in [0.25, 0.3) is 0 Å². The molecule has 0 radical (unpaired) electrons. The highest BCUT2D eigenvalue weighted by Gasteiger charge is 2.34. The van der Waals surface area contributed by atoms with Gasteiger partial charge in [0.25, 0.3) is 5.91 Å². The maximum Gasteiger partial charge on any atom is 0.323 e. The van der Waals surface area contributed by atoms with Crippen LogP contribution in [0.2, 0.25) is 0 Å². The molecule has 0 aliphatic carbocycles. The lowest BCUT2D eigenvalue weighted by Gasteiger charge is -2.38. The Bertz CT molecular complexity index is 1250. The third-order valence-electron chi connectivity index (χ3n) is 6.77. The number of aliphatic hydroxyl groups is 1. The van der Waals surface area contributed by atoms with Gasteiger partial charge in [-0.25, -0.2) is 9.59 Å². The summed E-state index contributed by atoms with van der Waals surface area (Å²) in [7, 11) is 1.69. The second kappa shape index (κ2) is 12.3. The number of fused-ring (bicyclic) bond motifs is 2. The van der Waals surface area contributed by atoms with E-state index in [0.29, 0.717) is 35.2 Å². The number of hydrogen-bond acceptors (Lipinski definition) is 7. The number of amides is 5. The number of hydrogen-bond donors (Lipinski definition) is 4. The van der Waals surface area contributed by atoms with Crippen molar-refractivity contribution in [2.24, 2.45) is 5.92 Å². The summed E-state index contributed by atoms with van der Waals surface area (Å²) in [5.74, 6) is 0.998. The molecule has 0 spiro atoms. The predicted molar refractivity (Wildman–Crippen MR) is 149 cm³/mol. The number of likely N-dealkylation sites (N-methyl/N-ethyl adjacent to an activating group) is 1. The molecule has 12 nitrogen and oxygen atoms in total. The first-order valence-electron chi connectivity index (χ1n) is 13.3. The largest absolute Gasteiger partial charge is 0.487 e. The van der Waals surface area contributed by atoms with Crippen molar-refractivity contribution >= 4 is 29.3 Å². The van der Waals surface area contributed by atoms with Crippen molar-refractivity contribution in [3.8, 4) is 17.2 Å². The average Bonchev–Trinajstić information content (AvgIpc) is 3.38. The second-order valence-corrected chi connectivity index (χ2v) is 10.5. The van der Waals surface area contributed by atoms with Gasteiger partial charge in [-0.05, 0) is 51.1 Å². The zero-order chi connectivity index (χ0) is 29.0.